The Bertz CT molecular complexity index is 511. The van der Waals surface area contributed by atoms with Crippen LogP contribution in [0.15, 0.2) is 46.7 Å². The van der Waals surface area contributed by atoms with Crippen LogP contribution in [0.5, 0.6) is 5.75 Å². The minimum Gasteiger partial charge on any atom is -0.492 e. The molecule has 0 saturated heterocycles. The predicted octanol–water partition coefficient (Wildman–Crippen LogP) is 2.85. The van der Waals surface area contributed by atoms with Gasteiger partial charge in [-0.3, -0.25) is 4.79 Å². The van der Waals surface area contributed by atoms with E-state index >= 15 is 0 Å². The number of para-hydroxylation sites is 1. The number of thiophene rings is 1. The number of thiol groups is 1. The normalized spacial score (nSPS) is 10.1. The summed E-state index contributed by atoms with van der Waals surface area (Å²) in [7, 11) is 0. The second-order valence-corrected chi connectivity index (χ2v) is 5.01. The van der Waals surface area contributed by atoms with Gasteiger partial charge in [0.25, 0.3) is 5.91 Å². The molecule has 2 aromatic rings. The van der Waals surface area contributed by atoms with Gasteiger partial charge in [-0.1, -0.05) is 18.2 Å². The van der Waals surface area contributed by atoms with Gasteiger partial charge in [-0.15, -0.1) is 24.0 Å². The van der Waals surface area contributed by atoms with Crippen LogP contribution < -0.4 is 10.1 Å². The van der Waals surface area contributed by atoms with Crippen LogP contribution in [0.2, 0.25) is 0 Å². The molecule has 0 aliphatic heterocycles. The van der Waals surface area contributed by atoms with Gasteiger partial charge in [-0.25, -0.2) is 0 Å². The molecule has 0 fully saturated rings. The molecule has 2 rings (SSSR count). The number of rotatable bonds is 5. The Kier molecular flexibility index (Phi) is 4.66. The third-order valence-corrected chi connectivity index (χ3v) is 3.57. The number of nitrogens with one attached hydrogen (secondary N) is 1. The van der Waals surface area contributed by atoms with E-state index in [-0.39, 0.29) is 5.91 Å². The van der Waals surface area contributed by atoms with Crippen molar-refractivity contribution in [3.05, 3.63) is 46.7 Å². The van der Waals surface area contributed by atoms with Gasteiger partial charge in [0.2, 0.25) is 0 Å². The van der Waals surface area contributed by atoms with Crippen molar-refractivity contribution < 1.29 is 9.53 Å². The van der Waals surface area contributed by atoms with Crippen molar-refractivity contribution in [2.75, 3.05) is 13.2 Å². The zero-order valence-electron chi connectivity index (χ0n) is 9.63. The summed E-state index contributed by atoms with van der Waals surface area (Å²) in [5, 5.41) is 4.63. The fourth-order valence-electron chi connectivity index (χ4n) is 1.38. The molecule has 5 heteroatoms. The van der Waals surface area contributed by atoms with E-state index in [4.69, 9.17) is 4.74 Å². The minimum atomic E-state index is -0.0861. The molecule has 94 valence electrons. The third-order valence-electron chi connectivity index (χ3n) is 2.21. The second kappa shape index (κ2) is 6.47. The molecule has 0 radical (unpaired) electrons. The van der Waals surface area contributed by atoms with Crippen molar-refractivity contribution in [3.63, 3.8) is 0 Å². The van der Waals surface area contributed by atoms with E-state index in [1.54, 1.807) is 6.07 Å². The fraction of sp³-hybridized carbons (Fsp3) is 0.154. The third kappa shape index (κ3) is 3.78. The number of hydrogen-bond donors (Lipinski definition) is 2. The summed E-state index contributed by atoms with van der Waals surface area (Å²) < 4.78 is 5.47. The molecule has 18 heavy (non-hydrogen) atoms. The lowest BCUT2D eigenvalue weighted by Gasteiger charge is -2.06. The highest BCUT2D eigenvalue weighted by atomic mass is 32.1. The summed E-state index contributed by atoms with van der Waals surface area (Å²) in [6.07, 6.45) is 0. The van der Waals surface area contributed by atoms with Crippen LogP contribution in [0.4, 0.5) is 0 Å². The highest BCUT2D eigenvalue weighted by Gasteiger charge is 2.06. The SMILES string of the molecule is O=C(NCCOc1ccccc1)c1cc(S)cs1. The van der Waals surface area contributed by atoms with Crippen molar-refractivity contribution in [1.82, 2.24) is 5.32 Å². The molecule has 1 aromatic carbocycles. The Hall–Kier alpha value is -1.46. The average molecular weight is 279 g/mol. The molecular weight excluding hydrogens is 266 g/mol. The Morgan fingerprint density at radius 1 is 1.33 bits per heavy atom. The summed E-state index contributed by atoms with van der Waals surface area (Å²) >= 11 is 5.55. The molecule has 1 N–H and O–H groups in total. The highest BCUT2D eigenvalue weighted by Crippen LogP contribution is 2.17. The maximum atomic E-state index is 11.7. The number of hydrogen-bond acceptors (Lipinski definition) is 4. The standard InChI is InChI=1S/C13H13NO2S2/c15-13(12-8-11(17)9-18-12)14-6-7-16-10-4-2-1-3-5-10/h1-5,8-9,17H,6-7H2,(H,14,15). The Morgan fingerprint density at radius 3 is 2.78 bits per heavy atom. The van der Waals surface area contributed by atoms with Gasteiger partial charge < -0.3 is 10.1 Å². The molecule has 0 atom stereocenters. The van der Waals surface area contributed by atoms with Crippen molar-refractivity contribution in [3.8, 4) is 5.75 Å². The van der Waals surface area contributed by atoms with Gasteiger partial charge in [0.05, 0.1) is 11.4 Å². The average Bonchev–Trinajstić information content (AvgIpc) is 2.82. The molecular formula is C13H13NO2S2. The van der Waals surface area contributed by atoms with Gasteiger partial charge in [0.15, 0.2) is 0 Å². The quantitative estimate of drug-likeness (QED) is 0.652. The first kappa shape index (κ1) is 13.0. The lowest BCUT2D eigenvalue weighted by atomic mass is 10.3. The smallest absolute Gasteiger partial charge is 0.261 e. The van der Waals surface area contributed by atoms with Crippen LogP contribution in [0.25, 0.3) is 0 Å². The first-order valence-electron chi connectivity index (χ1n) is 5.49. The molecule has 0 bridgehead atoms. The number of ether oxygens (including phenoxy) is 1. The topological polar surface area (TPSA) is 38.3 Å². The fourth-order valence-corrected chi connectivity index (χ4v) is 2.45. The number of carbonyl (C=O) groups excluding carboxylic acids is 1. The molecule has 0 spiro atoms. The Balaban J connectivity index is 1.71. The Morgan fingerprint density at radius 2 is 2.11 bits per heavy atom. The van der Waals surface area contributed by atoms with Crippen molar-refractivity contribution >= 4 is 29.9 Å². The van der Waals surface area contributed by atoms with Crippen molar-refractivity contribution in [2.24, 2.45) is 0 Å². The van der Waals surface area contributed by atoms with E-state index in [2.05, 4.69) is 17.9 Å². The van der Waals surface area contributed by atoms with Gasteiger partial charge in [-0.2, -0.15) is 0 Å². The largest absolute Gasteiger partial charge is 0.492 e. The molecule has 0 aliphatic carbocycles. The van der Waals surface area contributed by atoms with Crippen LogP contribution in [-0.2, 0) is 0 Å². The van der Waals surface area contributed by atoms with E-state index in [0.717, 1.165) is 10.6 Å². The first-order chi connectivity index (χ1) is 8.75. The number of carbonyl (C=O) groups is 1. The summed E-state index contributed by atoms with van der Waals surface area (Å²) in [5.41, 5.74) is 0. The maximum absolute atomic E-state index is 11.7. The molecule has 3 nitrogen and oxygen atoms in total. The van der Waals surface area contributed by atoms with E-state index < -0.39 is 0 Å². The van der Waals surface area contributed by atoms with Gasteiger partial charge >= 0.3 is 0 Å². The second-order valence-electron chi connectivity index (χ2n) is 3.59. The van der Waals surface area contributed by atoms with E-state index in [0.29, 0.717) is 18.0 Å². The van der Waals surface area contributed by atoms with Crippen molar-refractivity contribution in [2.45, 2.75) is 4.90 Å². The number of amides is 1. The molecule has 0 aliphatic rings. The summed E-state index contributed by atoms with van der Waals surface area (Å²) in [6, 6.07) is 11.3. The Labute approximate surface area is 115 Å². The van der Waals surface area contributed by atoms with Crippen molar-refractivity contribution in [1.29, 1.82) is 0 Å². The van der Waals surface area contributed by atoms with E-state index in [9.17, 15) is 4.79 Å². The summed E-state index contributed by atoms with van der Waals surface area (Å²) in [5.74, 6) is 0.720. The molecule has 1 aromatic heterocycles. The van der Waals surface area contributed by atoms with Crippen LogP contribution >= 0.6 is 24.0 Å². The van der Waals surface area contributed by atoms with Crippen LogP contribution in [0.3, 0.4) is 0 Å². The zero-order valence-corrected chi connectivity index (χ0v) is 11.3. The van der Waals surface area contributed by atoms with Gasteiger partial charge in [0, 0.05) is 10.3 Å². The molecule has 0 saturated carbocycles. The first-order valence-corrected chi connectivity index (χ1v) is 6.82. The summed E-state index contributed by atoms with van der Waals surface area (Å²) in [6.45, 7) is 0.933. The van der Waals surface area contributed by atoms with Crippen LogP contribution in [0, 0.1) is 0 Å². The van der Waals surface area contributed by atoms with E-state index in [1.807, 2.05) is 35.7 Å². The van der Waals surface area contributed by atoms with Crippen LogP contribution in [0.1, 0.15) is 9.67 Å². The molecule has 1 amide bonds. The molecule has 1 heterocycles. The van der Waals surface area contributed by atoms with E-state index in [1.165, 1.54) is 11.3 Å². The predicted molar refractivity (Wildman–Crippen MR) is 75.8 cm³/mol. The number of benzene rings is 1. The zero-order chi connectivity index (χ0) is 12.8. The molecule has 0 unspecified atom stereocenters. The minimum absolute atomic E-state index is 0.0861. The summed E-state index contributed by atoms with van der Waals surface area (Å²) in [4.78, 5) is 13.2. The highest BCUT2D eigenvalue weighted by molar-refractivity contribution is 7.80. The lowest BCUT2D eigenvalue weighted by Crippen LogP contribution is -2.27. The lowest BCUT2D eigenvalue weighted by molar-refractivity contribution is 0.0951. The monoisotopic (exact) mass is 279 g/mol. The van der Waals surface area contributed by atoms with Crippen LogP contribution in [-0.4, -0.2) is 19.1 Å². The van der Waals surface area contributed by atoms with Gasteiger partial charge in [0.1, 0.15) is 12.4 Å². The van der Waals surface area contributed by atoms with Gasteiger partial charge in [-0.05, 0) is 18.2 Å². The maximum Gasteiger partial charge on any atom is 0.261 e.